The number of ether oxygens (including phenoxy) is 2. The highest BCUT2D eigenvalue weighted by atomic mass is 19.2. The SMILES string of the molecule is CC(C)C(C)OC(=O)CCC(=O)Oc1c(F)c(F)c(F)c(F)c1F. The quantitative estimate of drug-likeness (QED) is 0.257. The van der Waals surface area contributed by atoms with Gasteiger partial charge in [0.25, 0.3) is 0 Å². The molecule has 0 heterocycles. The highest BCUT2D eigenvalue weighted by Crippen LogP contribution is 2.29. The molecule has 24 heavy (non-hydrogen) atoms. The lowest BCUT2D eigenvalue weighted by atomic mass is 10.1. The van der Waals surface area contributed by atoms with Crippen LogP contribution in [0.15, 0.2) is 0 Å². The molecule has 1 unspecified atom stereocenters. The summed E-state index contributed by atoms with van der Waals surface area (Å²) < 4.78 is 74.5. The Morgan fingerprint density at radius 2 is 1.21 bits per heavy atom. The lowest BCUT2D eigenvalue weighted by Crippen LogP contribution is -2.21. The Labute approximate surface area is 134 Å². The van der Waals surface area contributed by atoms with Crippen molar-refractivity contribution in [3.05, 3.63) is 29.1 Å². The molecule has 0 N–H and O–H groups in total. The Hall–Kier alpha value is -2.19. The van der Waals surface area contributed by atoms with E-state index in [1.807, 2.05) is 0 Å². The second kappa shape index (κ2) is 8.07. The van der Waals surface area contributed by atoms with Crippen LogP contribution in [0.4, 0.5) is 22.0 Å². The van der Waals surface area contributed by atoms with Crippen LogP contribution in [0, 0.1) is 35.0 Å². The summed E-state index contributed by atoms with van der Waals surface area (Å²) in [6.45, 7) is 5.24. The van der Waals surface area contributed by atoms with Gasteiger partial charge >= 0.3 is 11.9 Å². The molecule has 0 aliphatic heterocycles. The van der Waals surface area contributed by atoms with Crippen molar-refractivity contribution >= 4 is 11.9 Å². The molecule has 0 aliphatic rings. The van der Waals surface area contributed by atoms with Crippen molar-refractivity contribution < 1.29 is 41.0 Å². The van der Waals surface area contributed by atoms with E-state index in [1.165, 1.54) is 0 Å². The Balaban J connectivity index is 2.72. The van der Waals surface area contributed by atoms with Crippen molar-refractivity contribution in [2.45, 2.75) is 39.7 Å². The van der Waals surface area contributed by atoms with Crippen LogP contribution in [0.2, 0.25) is 0 Å². The van der Waals surface area contributed by atoms with E-state index in [1.54, 1.807) is 20.8 Å². The van der Waals surface area contributed by atoms with E-state index >= 15 is 0 Å². The Bertz CT molecular complexity index is 616. The van der Waals surface area contributed by atoms with E-state index in [0.29, 0.717) is 0 Å². The summed E-state index contributed by atoms with van der Waals surface area (Å²) in [5, 5.41) is 0. The van der Waals surface area contributed by atoms with Crippen molar-refractivity contribution in [3.8, 4) is 5.75 Å². The number of rotatable bonds is 6. The summed E-state index contributed by atoms with van der Waals surface area (Å²) >= 11 is 0. The van der Waals surface area contributed by atoms with Gasteiger partial charge in [-0.05, 0) is 12.8 Å². The Morgan fingerprint density at radius 1 is 0.792 bits per heavy atom. The fourth-order valence-electron chi connectivity index (χ4n) is 1.45. The van der Waals surface area contributed by atoms with Crippen LogP contribution in [-0.2, 0) is 14.3 Å². The van der Waals surface area contributed by atoms with Gasteiger partial charge in [0.2, 0.25) is 34.8 Å². The highest BCUT2D eigenvalue weighted by Gasteiger charge is 2.28. The van der Waals surface area contributed by atoms with Gasteiger partial charge in [0, 0.05) is 0 Å². The van der Waals surface area contributed by atoms with Crippen molar-refractivity contribution in [1.82, 2.24) is 0 Å². The summed E-state index contributed by atoms with van der Waals surface area (Å²) in [5.41, 5.74) is 0. The molecule has 1 aromatic rings. The molecule has 0 fully saturated rings. The number of hydrogen-bond donors (Lipinski definition) is 0. The summed E-state index contributed by atoms with van der Waals surface area (Å²) in [6.07, 6.45) is -1.53. The second-order valence-corrected chi connectivity index (χ2v) is 5.31. The maximum atomic E-state index is 13.3. The van der Waals surface area contributed by atoms with Gasteiger partial charge in [-0.25, -0.2) is 13.2 Å². The number of carbonyl (C=O) groups excluding carboxylic acids is 2. The molecule has 0 aromatic heterocycles. The van der Waals surface area contributed by atoms with Gasteiger partial charge in [-0.2, -0.15) is 8.78 Å². The lowest BCUT2D eigenvalue weighted by Gasteiger charge is -2.16. The average molecular weight is 354 g/mol. The third-order valence-electron chi connectivity index (χ3n) is 3.17. The van der Waals surface area contributed by atoms with E-state index in [0.717, 1.165) is 0 Å². The third kappa shape index (κ3) is 4.65. The molecule has 0 saturated heterocycles. The van der Waals surface area contributed by atoms with E-state index in [2.05, 4.69) is 4.74 Å². The molecule has 0 amide bonds. The first-order valence-corrected chi connectivity index (χ1v) is 6.97. The normalized spacial score (nSPS) is 12.2. The minimum atomic E-state index is -2.36. The maximum absolute atomic E-state index is 13.3. The number of hydrogen-bond acceptors (Lipinski definition) is 4. The first-order valence-electron chi connectivity index (χ1n) is 6.97. The van der Waals surface area contributed by atoms with E-state index < -0.39 is 65.7 Å². The smallest absolute Gasteiger partial charge is 0.311 e. The van der Waals surface area contributed by atoms with Crippen molar-refractivity contribution in [3.63, 3.8) is 0 Å². The zero-order valence-corrected chi connectivity index (χ0v) is 13.1. The van der Waals surface area contributed by atoms with Gasteiger partial charge < -0.3 is 9.47 Å². The van der Waals surface area contributed by atoms with Crippen molar-refractivity contribution in [2.75, 3.05) is 0 Å². The van der Waals surface area contributed by atoms with E-state index in [9.17, 15) is 31.5 Å². The number of carbonyl (C=O) groups is 2. The topological polar surface area (TPSA) is 52.6 Å². The average Bonchev–Trinajstić information content (AvgIpc) is 2.53. The van der Waals surface area contributed by atoms with Gasteiger partial charge in [0.1, 0.15) is 6.10 Å². The summed E-state index contributed by atoms with van der Waals surface area (Å²) in [7, 11) is 0. The van der Waals surface area contributed by atoms with Gasteiger partial charge in [0.15, 0.2) is 0 Å². The fraction of sp³-hybridized carbons (Fsp3) is 0.467. The van der Waals surface area contributed by atoms with Gasteiger partial charge in [0.05, 0.1) is 12.8 Å². The summed E-state index contributed by atoms with van der Waals surface area (Å²) in [5.74, 6) is -15.1. The van der Waals surface area contributed by atoms with Crippen LogP contribution in [0.1, 0.15) is 33.6 Å². The van der Waals surface area contributed by atoms with Crippen LogP contribution >= 0.6 is 0 Å². The first-order chi connectivity index (χ1) is 11.1. The molecule has 0 bridgehead atoms. The van der Waals surface area contributed by atoms with E-state index in [4.69, 9.17) is 4.74 Å². The van der Waals surface area contributed by atoms with Gasteiger partial charge in [-0.3, -0.25) is 9.59 Å². The molecule has 9 heteroatoms. The molecular weight excluding hydrogens is 339 g/mol. The molecule has 0 aliphatic carbocycles. The number of benzene rings is 1. The predicted molar refractivity (Wildman–Crippen MR) is 71.5 cm³/mol. The molecule has 134 valence electrons. The number of halogens is 5. The third-order valence-corrected chi connectivity index (χ3v) is 3.17. The molecular formula is C15H15F5O4. The van der Waals surface area contributed by atoms with Crippen molar-refractivity contribution in [2.24, 2.45) is 5.92 Å². The highest BCUT2D eigenvalue weighted by molar-refractivity contribution is 5.79. The van der Waals surface area contributed by atoms with Gasteiger partial charge in [-0.1, -0.05) is 13.8 Å². The van der Waals surface area contributed by atoms with Crippen LogP contribution in [-0.4, -0.2) is 18.0 Å². The first kappa shape index (κ1) is 19.9. The predicted octanol–water partition coefficient (Wildman–Crippen LogP) is 3.66. The largest absolute Gasteiger partial charge is 0.462 e. The summed E-state index contributed by atoms with van der Waals surface area (Å²) in [6, 6.07) is 0. The van der Waals surface area contributed by atoms with Crippen LogP contribution in [0.3, 0.4) is 0 Å². The van der Waals surface area contributed by atoms with Crippen LogP contribution in [0.25, 0.3) is 0 Å². The zero-order valence-electron chi connectivity index (χ0n) is 13.1. The second-order valence-electron chi connectivity index (χ2n) is 5.31. The lowest BCUT2D eigenvalue weighted by molar-refractivity contribution is -0.152. The zero-order chi connectivity index (χ0) is 18.6. The van der Waals surface area contributed by atoms with Crippen molar-refractivity contribution in [1.29, 1.82) is 0 Å². The maximum Gasteiger partial charge on any atom is 0.311 e. The van der Waals surface area contributed by atoms with E-state index in [-0.39, 0.29) is 5.92 Å². The standard InChI is InChI=1S/C15H15F5O4/c1-6(2)7(3)23-8(21)4-5-9(22)24-15-13(19)11(17)10(16)12(18)14(15)20/h6-7H,4-5H2,1-3H3. The molecule has 1 aromatic carbocycles. The molecule has 0 saturated carbocycles. The minimum absolute atomic E-state index is 0.0364. The molecule has 0 spiro atoms. The van der Waals surface area contributed by atoms with Gasteiger partial charge in [-0.15, -0.1) is 0 Å². The van der Waals surface area contributed by atoms with Crippen LogP contribution < -0.4 is 4.74 Å². The minimum Gasteiger partial charge on any atom is -0.462 e. The Morgan fingerprint density at radius 3 is 1.67 bits per heavy atom. The monoisotopic (exact) mass is 354 g/mol. The Kier molecular flexibility index (Phi) is 6.68. The molecule has 1 atom stereocenters. The fourth-order valence-corrected chi connectivity index (χ4v) is 1.45. The number of esters is 2. The molecule has 4 nitrogen and oxygen atoms in total. The van der Waals surface area contributed by atoms with Crippen LogP contribution in [0.5, 0.6) is 5.75 Å². The molecule has 0 radical (unpaired) electrons. The molecule has 1 rings (SSSR count). The summed E-state index contributed by atoms with van der Waals surface area (Å²) in [4.78, 5) is 22.9.